The molecular formula is C20H32O2S. The Hall–Kier alpha value is -0.830. The van der Waals surface area contributed by atoms with Crippen molar-refractivity contribution >= 4 is 9.84 Å². The second kappa shape index (κ2) is 10.1. The molecule has 130 valence electrons. The number of hydrogen-bond acceptors (Lipinski definition) is 2. The first-order valence-electron chi connectivity index (χ1n) is 9.46. The van der Waals surface area contributed by atoms with Gasteiger partial charge in [0.25, 0.3) is 0 Å². The topological polar surface area (TPSA) is 34.1 Å². The third-order valence-corrected chi connectivity index (χ3v) is 6.89. The summed E-state index contributed by atoms with van der Waals surface area (Å²) >= 11 is 0. The lowest BCUT2D eigenvalue weighted by molar-refractivity contribution is 0.385. The molecule has 0 saturated heterocycles. The Morgan fingerprint density at radius 1 is 0.739 bits per heavy atom. The van der Waals surface area contributed by atoms with Crippen LogP contribution in [0.1, 0.15) is 77.0 Å². The van der Waals surface area contributed by atoms with Gasteiger partial charge in [-0.2, -0.15) is 0 Å². The second-order valence-corrected chi connectivity index (χ2v) is 9.16. The fourth-order valence-electron chi connectivity index (χ4n) is 3.60. The van der Waals surface area contributed by atoms with E-state index in [2.05, 4.69) is 0 Å². The van der Waals surface area contributed by atoms with Crippen LogP contribution in [-0.4, -0.2) is 14.2 Å². The SMILES string of the molecule is O=S(=O)(CCC1CCCCCCCCCCC1)c1ccccc1. The summed E-state index contributed by atoms with van der Waals surface area (Å²) in [7, 11) is -3.11. The monoisotopic (exact) mass is 336 g/mol. The van der Waals surface area contributed by atoms with E-state index in [0.29, 0.717) is 16.6 Å². The summed E-state index contributed by atoms with van der Waals surface area (Å²) in [6.07, 6.45) is 15.3. The van der Waals surface area contributed by atoms with Crippen molar-refractivity contribution in [2.75, 3.05) is 5.75 Å². The predicted octanol–water partition coefficient (Wildman–Crippen LogP) is 5.77. The van der Waals surface area contributed by atoms with E-state index in [1.807, 2.05) is 18.2 Å². The van der Waals surface area contributed by atoms with E-state index >= 15 is 0 Å². The van der Waals surface area contributed by atoms with Crippen LogP contribution in [0.5, 0.6) is 0 Å². The molecule has 2 nitrogen and oxygen atoms in total. The minimum absolute atomic E-state index is 0.307. The van der Waals surface area contributed by atoms with Gasteiger partial charge in [-0.1, -0.05) is 88.8 Å². The summed E-state index contributed by atoms with van der Waals surface area (Å²) in [5.41, 5.74) is 0. The van der Waals surface area contributed by atoms with Gasteiger partial charge in [0.05, 0.1) is 10.6 Å². The molecule has 1 saturated carbocycles. The maximum atomic E-state index is 12.5. The standard InChI is InChI=1S/C20H32O2S/c21-23(22,20-15-11-8-12-16-20)18-17-19-13-9-6-4-2-1-3-5-7-10-14-19/h8,11-12,15-16,19H,1-7,9-10,13-14,17-18H2. The molecule has 0 N–H and O–H groups in total. The zero-order valence-corrected chi connectivity index (χ0v) is 15.2. The lowest BCUT2D eigenvalue weighted by Gasteiger charge is -2.18. The molecule has 1 aliphatic rings. The fraction of sp³-hybridized carbons (Fsp3) is 0.700. The first-order chi connectivity index (χ1) is 11.2. The molecule has 0 atom stereocenters. The number of rotatable bonds is 4. The lowest BCUT2D eigenvalue weighted by Crippen LogP contribution is -2.12. The molecule has 0 unspecified atom stereocenters. The van der Waals surface area contributed by atoms with Crippen molar-refractivity contribution in [1.82, 2.24) is 0 Å². The highest BCUT2D eigenvalue weighted by molar-refractivity contribution is 7.91. The Bertz CT molecular complexity index is 510. The van der Waals surface area contributed by atoms with Gasteiger partial charge >= 0.3 is 0 Å². The molecule has 3 heteroatoms. The molecule has 0 amide bonds. The van der Waals surface area contributed by atoms with Crippen molar-refractivity contribution in [1.29, 1.82) is 0 Å². The average molecular weight is 337 g/mol. The summed E-state index contributed by atoms with van der Waals surface area (Å²) in [5, 5.41) is 0. The second-order valence-electron chi connectivity index (χ2n) is 7.05. The van der Waals surface area contributed by atoms with Crippen LogP contribution in [-0.2, 0) is 9.84 Å². The smallest absolute Gasteiger partial charge is 0.178 e. The Labute approximate surface area is 142 Å². The normalized spacial score (nSPS) is 19.7. The van der Waals surface area contributed by atoms with Crippen molar-refractivity contribution in [2.24, 2.45) is 5.92 Å². The highest BCUT2D eigenvalue weighted by Gasteiger charge is 2.17. The van der Waals surface area contributed by atoms with Crippen LogP contribution in [0.4, 0.5) is 0 Å². The molecule has 0 spiro atoms. The highest BCUT2D eigenvalue weighted by Crippen LogP contribution is 2.25. The van der Waals surface area contributed by atoms with Gasteiger partial charge in [-0.25, -0.2) is 8.42 Å². The van der Waals surface area contributed by atoms with E-state index in [-0.39, 0.29) is 0 Å². The zero-order chi connectivity index (χ0) is 16.4. The minimum atomic E-state index is -3.11. The molecule has 0 aliphatic heterocycles. The van der Waals surface area contributed by atoms with E-state index in [9.17, 15) is 8.42 Å². The van der Waals surface area contributed by atoms with Crippen molar-refractivity contribution in [3.63, 3.8) is 0 Å². The van der Waals surface area contributed by atoms with Gasteiger partial charge in [0.1, 0.15) is 0 Å². The van der Waals surface area contributed by atoms with Crippen molar-refractivity contribution < 1.29 is 8.42 Å². The summed E-state index contributed by atoms with van der Waals surface area (Å²) in [5.74, 6) is 0.898. The molecule has 1 aromatic carbocycles. The van der Waals surface area contributed by atoms with Gasteiger partial charge < -0.3 is 0 Å². The van der Waals surface area contributed by atoms with Crippen LogP contribution in [0.2, 0.25) is 0 Å². The number of hydrogen-bond donors (Lipinski definition) is 0. The fourth-order valence-corrected chi connectivity index (χ4v) is 5.06. The molecule has 1 aromatic rings. The summed E-state index contributed by atoms with van der Waals surface area (Å²) in [6, 6.07) is 8.92. The molecule has 23 heavy (non-hydrogen) atoms. The summed E-state index contributed by atoms with van der Waals surface area (Å²) < 4.78 is 24.9. The molecule has 1 fully saturated rings. The van der Waals surface area contributed by atoms with Crippen molar-refractivity contribution in [2.45, 2.75) is 81.9 Å². The van der Waals surface area contributed by atoms with E-state index in [0.717, 1.165) is 6.42 Å². The predicted molar refractivity (Wildman–Crippen MR) is 97.4 cm³/mol. The van der Waals surface area contributed by atoms with E-state index in [1.165, 1.54) is 70.6 Å². The largest absolute Gasteiger partial charge is 0.224 e. The Morgan fingerprint density at radius 3 is 1.74 bits per heavy atom. The Morgan fingerprint density at radius 2 is 1.22 bits per heavy atom. The van der Waals surface area contributed by atoms with Gasteiger partial charge in [-0.3, -0.25) is 0 Å². The molecule has 0 aromatic heterocycles. The average Bonchev–Trinajstić information content (AvgIpc) is 2.55. The van der Waals surface area contributed by atoms with Crippen LogP contribution in [0, 0.1) is 5.92 Å². The lowest BCUT2D eigenvalue weighted by atomic mass is 9.91. The number of benzene rings is 1. The van der Waals surface area contributed by atoms with Gasteiger partial charge in [0.15, 0.2) is 9.84 Å². The van der Waals surface area contributed by atoms with Gasteiger partial charge in [-0.15, -0.1) is 0 Å². The van der Waals surface area contributed by atoms with Gasteiger partial charge in [-0.05, 0) is 24.5 Å². The Kier molecular flexibility index (Phi) is 8.14. The first-order valence-corrected chi connectivity index (χ1v) is 11.1. The summed E-state index contributed by atoms with van der Waals surface area (Å²) in [6.45, 7) is 0. The van der Waals surface area contributed by atoms with Gasteiger partial charge in [0, 0.05) is 0 Å². The highest BCUT2D eigenvalue weighted by atomic mass is 32.2. The van der Waals surface area contributed by atoms with Crippen molar-refractivity contribution in [3.8, 4) is 0 Å². The quantitative estimate of drug-likeness (QED) is 0.699. The number of sulfone groups is 1. The maximum absolute atomic E-state index is 12.5. The van der Waals surface area contributed by atoms with E-state index in [1.54, 1.807) is 12.1 Å². The zero-order valence-electron chi connectivity index (χ0n) is 14.4. The Balaban J connectivity index is 1.85. The van der Waals surface area contributed by atoms with E-state index < -0.39 is 9.84 Å². The summed E-state index contributed by atoms with van der Waals surface area (Å²) in [4.78, 5) is 0.480. The maximum Gasteiger partial charge on any atom is 0.178 e. The van der Waals surface area contributed by atoms with Crippen LogP contribution < -0.4 is 0 Å². The van der Waals surface area contributed by atoms with E-state index in [4.69, 9.17) is 0 Å². The van der Waals surface area contributed by atoms with Crippen LogP contribution in [0.15, 0.2) is 35.2 Å². The van der Waals surface area contributed by atoms with Crippen LogP contribution in [0.25, 0.3) is 0 Å². The first kappa shape index (κ1) is 18.5. The van der Waals surface area contributed by atoms with Crippen LogP contribution >= 0.6 is 0 Å². The minimum Gasteiger partial charge on any atom is -0.224 e. The van der Waals surface area contributed by atoms with Crippen molar-refractivity contribution in [3.05, 3.63) is 30.3 Å². The molecule has 1 aliphatic carbocycles. The molecular weight excluding hydrogens is 304 g/mol. The van der Waals surface area contributed by atoms with Gasteiger partial charge in [0.2, 0.25) is 0 Å². The third-order valence-electron chi connectivity index (χ3n) is 5.12. The molecule has 0 bridgehead atoms. The molecule has 0 heterocycles. The molecule has 0 radical (unpaired) electrons. The van der Waals surface area contributed by atoms with Crippen LogP contribution in [0.3, 0.4) is 0 Å². The molecule has 2 rings (SSSR count). The third kappa shape index (κ3) is 7.07.